The standard InChI is InChI=1S/C19H28O3/c1-18-8-7-12(20)9-11(18)3-4-13-14-5-6-16(21)19(14,2)17(22)10-15(13)18/h11-15,20H,3-10H2,1-2H3/t11-,12-,13+,14+,15+,18+,19+/m1/s1. The van der Waals surface area contributed by atoms with E-state index in [9.17, 15) is 14.7 Å². The molecule has 7 atom stereocenters. The number of carbonyl (C=O) groups excluding carboxylic acids is 2. The molecule has 4 aliphatic rings. The molecule has 0 aromatic rings. The molecule has 0 radical (unpaired) electrons. The van der Waals surface area contributed by atoms with Gasteiger partial charge in [0, 0.05) is 12.8 Å². The lowest BCUT2D eigenvalue weighted by Crippen LogP contribution is -2.57. The normalized spacial score (nSPS) is 54.6. The van der Waals surface area contributed by atoms with E-state index in [1.54, 1.807) is 0 Å². The van der Waals surface area contributed by atoms with Crippen molar-refractivity contribution < 1.29 is 14.7 Å². The third-order valence-electron chi connectivity index (χ3n) is 8.22. The Morgan fingerprint density at radius 2 is 1.77 bits per heavy atom. The van der Waals surface area contributed by atoms with E-state index in [1.807, 2.05) is 6.92 Å². The number of rotatable bonds is 0. The van der Waals surface area contributed by atoms with E-state index in [4.69, 9.17) is 0 Å². The minimum atomic E-state index is -0.668. The summed E-state index contributed by atoms with van der Waals surface area (Å²) in [6.07, 6.45) is 7.15. The van der Waals surface area contributed by atoms with Gasteiger partial charge in [0.05, 0.1) is 11.5 Å². The fourth-order valence-corrected chi connectivity index (χ4v) is 6.74. The zero-order chi connectivity index (χ0) is 15.7. The van der Waals surface area contributed by atoms with Gasteiger partial charge in [-0.05, 0) is 74.5 Å². The van der Waals surface area contributed by atoms with Crippen LogP contribution in [0.5, 0.6) is 0 Å². The minimum Gasteiger partial charge on any atom is -0.393 e. The largest absolute Gasteiger partial charge is 0.393 e. The average Bonchev–Trinajstić information content (AvgIpc) is 2.79. The van der Waals surface area contributed by atoms with Gasteiger partial charge in [0.15, 0.2) is 0 Å². The Morgan fingerprint density at radius 1 is 1.00 bits per heavy atom. The van der Waals surface area contributed by atoms with Crippen molar-refractivity contribution in [3.8, 4) is 0 Å². The molecule has 4 fully saturated rings. The molecule has 0 aromatic heterocycles. The van der Waals surface area contributed by atoms with Gasteiger partial charge in [0.2, 0.25) is 0 Å². The summed E-state index contributed by atoms with van der Waals surface area (Å²) in [7, 11) is 0. The Hall–Kier alpha value is -0.700. The van der Waals surface area contributed by atoms with Crippen LogP contribution >= 0.6 is 0 Å². The highest BCUT2D eigenvalue weighted by molar-refractivity contribution is 6.09. The summed E-state index contributed by atoms with van der Waals surface area (Å²) < 4.78 is 0. The molecule has 4 aliphatic carbocycles. The van der Waals surface area contributed by atoms with Crippen LogP contribution in [0.3, 0.4) is 0 Å². The number of hydrogen-bond acceptors (Lipinski definition) is 3. The van der Waals surface area contributed by atoms with E-state index in [-0.39, 0.29) is 29.0 Å². The molecule has 4 saturated carbocycles. The summed E-state index contributed by atoms with van der Waals surface area (Å²) in [5.74, 6) is 2.25. The molecule has 4 rings (SSSR count). The zero-order valence-electron chi connectivity index (χ0n) is 13.8. The summed E-state index contributed by atoms with van der Waals surface area (Å²) in [5, 5.41) is 10.0. The molecule has 3 nitrogen and oxygen atoms in total. The van der Waals surface area contributed by atoms with Gasteiger partial charge in [0.25, 0.3) is 0 Å². The van der Waals surface area contributed by atoms with Gasteiger partial charge < -0.3 is 5.11 Å². The first-order chi connectivity index (χ1) is 10.4. The third kappa shape index (κ3) is 1.72. The van der Waals surface area contributed by atoms with Crippen molar-refractivity contribution >= 4 is 11.6 Å². The van der Waals surface area contributed by atoms with Gasteiger partial charge in [-0.1, -0.05) is 6.92 Å². The molecule has 0 heterocycles. The summed E-state index contributed by atoms with van der Waals surface area (Å²) in [6, 6.07) is 0. The van der Waals surface area contributed by atoms with Gasteiger partial charge in [-0.3, -0.25) is 9.59 Å². The molecule has 0 unspecified atom stereocenters. The van der Waals surface area contributed by atoms with E-state index in [0.29, 0.717) is 30.6 Å². The SMILES string of the molecule is C[C@@]12C(=O)CC[C@H]1[C@@H]1CC[C@@H]3C[C@H](O)CC[C@]3(C)[C@H]1CC2=O. The van der Waals surface area contributed by atoms with Crippen molar-refractivity contribution in [2.75, 3.05) is 0 Å². The number of hydrogen-bond donors (Lipinski definition) is 1. The summed E-state index contributed by atoms with van der Waals surface area (Å²) in [4.78, 5) is 25.2. The van der Waals surface area contributed by atoms with E-state index in [0.717, 1.165) is 32.1 Å². The van der Waals surface area contributed by atoms with Crippen molar-refractivity contribution in [1.82, 2.24) is 0 Å². The Labute approximate surface area is 132 Å². The number of Topliss-reactive ketones (excluding diaryl/α,β-unsaturated/α-hetero) is 2. The molecule has 0 aliphatic heterocycles. The highest BCUT2D eigenvalue weighted by atomic mass is 16.3. The Morgan fingerprint density at radius 3 is 2.55 bits per heavy atom. The fourth-order valence-electron chi connectivity index (χ4n) is 6.74. The monoisotopic (exact) mass is 304 g/mol. The van der Waals surface area contributed by atoms with Crippen LogP contribution in [0.15, 0.2) is 0 Å². The Bertz CT molecular complexity index is 527. The maximum atomic E-state index is 12.9. The molecular formula is C19H28O3. The van der Waals surface area contributed by atoms with Crippen LogP contribution < -0.4 is 0 Å². The molecule has 1 N–H and O–H groups in total. The van der Waals surface area contributed by atoms with Crippen molar-refractivity contribution in [3.63, 3.8) is 0 Å². The number of ketones is 2. The van der Waals surface area contributed by atoms with Crippen molar-refractivity contribution in [1.29, 1.82) is 0 Å². The lowest BCUT2D eigenvalue weighted by molar-refractivity contribution is -0.159. The highest BCUT2D eigenvalue weighted by Crippen LogP contribution is 2.64. The van der Waals surface area contributed by atoms with Crippen LogP contribution in [0.2, 0.25) is 0 Å². The zero-order valence-corrected chi connectivity index (χ0v) is 13.8. The van der Waals surface area contributed by atoms with Crippen LogP contribution in [0.1, 0.15) is 65.2 Å². The molecule has 0 amide bonds. The molecule has 22 heavy (non-hydrogen) atoms. The summed E-state index contributed by atoms with van der Waals surface area (Å²) >= 11 is 0. The van der Waals surface area contributed by atoms with Crippen LogP contribution in [0.25, 0.3) is 0 Å². The van der Waals surface area contributed by atoms with E-state index in [2.05, 4.69) is 6.92 Å². The van der Waals surface area contributed by atoms with Crippen LogP contribution in [0.4, 0.5) is 0 Å². The van der Waals surface area contributed by atoms with Crippen LogP contribution in [0, 0.1) is 34.5 Å². The number of fused-ring (bicyclic) bond motifs is 5. The third-order valence-corrected chi connectivity index (χ3v) is 8.22. The maximum absolute atomic E-state index is 12.9. The van der Waals surface area contributed by atoms with Crippen LogP contribution in [-0.4, -0.2) is 22.8 Å². The molecule has 0 bridgehead atoms. The van der Waals surface area contributed by atoms with Crippen molar-refractivity contribution in [3.05, 3.63) is 0 Å². The first kappa shape index (κ1) is 14.9. The van der Waals surface area contributed by atoms with Gasteiger partial charge in [-0.25, -0.2) is 0 Å². The summed E-state index contributed by atoms with van der Waals surface area (Å²) in [5.41, 5.74) is -0.469. The predicted molar refractivity (Wildman–Crippen MR) is 83.1 cm³/mol. The maximum Gasteiger partial charge on any atom is 0.146 e. The second-order valence-corrected chi connectivity index (χ2v) is 8.88. The van der Waals surface area contributed by atoms with Crippen molar-refractivity contribution in [2.24, 2.45) is 34.5 Å². The number of aliphatic hydroxyl groups excluding tert-OH is 1. The quantitative estimate of drug-likeness (QED) is 0.700. The molecule has 0 saturated heterocycles. The first-order valence-corrected chi connectivity index (χ1v) is 9.12. The predicted octanol–water partition coefficient (Wildman–Crippen LogP) is 3.14. The van der Waals surface area contributed by atoms with Gasteiger partial charge in [0.1, 0.15) is 11.6 Å². The molecule has 122 valence electrons. The van der Waals surface area contributed by atoms with Gasteiger partial charge >= 0.3 is 0 Å². The smallest absolute Gasteiger partial charge is 0.146 e. The van der Waals surface area contributed by atoms with Gasteiger partial charge in [-0.2, -0.15) is 0 Å². The Kier molecular flexibility index (Phi) is 3.15. The van der Waals surface area contributed by atoms with Crippen LogP contribution in [-0.2, 0) is 9.59 Å². The lowest BCUT2D eigenvalue weighted by atomic mass is 9.45. The van der Waals surface area contributed by atoms with E-state index < -0.39 is 5.41 Å². The molecule has 0 aromatic carbocycles. The topological polar surface area (TPSA) is 54.4 Å². The second kappa shape index (κ2) is 4.66. The average molecular weight is 304 g/mol. The number of carbonyl (C=O) groups is 2. The lowest BCUT2D eigenvalue weighted by Gasteiger charge is -2.59. The van der Waals surface area contributed by atoms with E-state index in [1.165, 1.54) is 6.42 Å². The second-order valence-electron chi connectivity index (χ2n) is 8.88. The van der Waals surface area contributed by atoms with Crippen molar-refractivity contribution in [2.45, 2.75) is 71.3 Å². The van der Waals surface area contributed by atoms with E-state index >= 15 is 0 Å². The fraction of sp³-hybridized carbons (Fsp3) is 0.895. The molecular weight excluding hydrogens is 276 g/mol. The Balaban J connectivity index is 1.69. The first-order valence-electron chi connectivity index (χ1n) is 9.12. The minimum absolute atomic E-state index is 0.146. The highest BCUT2D eigenvalue weighted by Gasteiger charge is 2.63. The molecule has 0 spiro atoms. The summed E-state index contributed by atoms with van der Waals surface area (Å²) in [6.45, 7) is 4.30. The van der Waals surface area contributed by atoms with Gasteiger partial charge in [-0.15, -0.1) is 0 Å². The molecule has 3 heteroatoms. The number of aliphatic hydroxyl groups is 1.